The number of nitrogens with two attached hydrogens (primary N) is 2. The van der Waals surface area contributed by atoms with Gasteiger partial charge < -0.3 is 59.2 Å². The zero-order valence-electron chi connectivity index (χ0n) is 46.1. The smallest absolute Gasteiger partial charge is 0.361 e. The summed E-state index contributed by atoms with van der Waals surface area (Å²) in [6.45, 7) is 21.6. The Balaban J connectivity index is 0.000000467. The fraction of sp³-hybridized carbons (Fsp3) is 0.609. The molecule has 0 radical (unpaired) electrons. The number of esters is 4. The number of ether oxygens (including phenoxy) is 6. The predicted octanol–water partition coefficient (Wildman–Crippen LogP) is 5.89. The molecule has 4 rings (SSSR count). The Morgan fingerprint density at radius 1 is 0.513 bits per heavy atom. The number of carboxylic acids is 2. The van der Waals surface area contributed by atoms with Crippen LogP contribution in [-0.4, -0.2) is 137 Å². The molecule has 78 heavy (non-hydrogen) atoms. The topological polar surface area (TPSA) is 409 Å². The molecule has 0 bridgehead atoms. The molecule has 0 saturated carbocycles. The van der Waals surface area contributed by atoms with Crippen LogP contribution in [0.25, 0.3) is 22.3 Å². The number of carbonyl (C=O) groups excluding carboxylic acids is 4. The summed E-state index contributed by atoms with van der Waals surface area (Å²) in [5.74, 6) is -4.21. The zero-order valence-corrected chi connectivity index (χ0v) is 47.9. The maximum absolute atomic E-state index is 13.2. The lowest BCUT2D eigenvalue weighted by molar-refractivity contribution is -0.164. The molecule has 6 N–H and O–H groups in total. The first-order valence-corrected chi connectivity index (χ1v) is 27.0. The molecule has 2 atom stereocenters. The maximum atomic E-state index is 13.2. The second-order valence-electron chi connectivity index (χ2n) is 20.8. The molecular weight excluding hydrogens is 1070 g/mol. The number of aromatic nitrogens is 8. The number of anilines is 2. The number of hydrogen-bond donors (Lipinski definition) is 4. The molecule has 0 spiro atoms. The fourth-order valence-electron chi connectivity index (χ4n) is 5.03. The third-order valence-electron chi connectivity index (χ3n) is 9.38. The molecule has 4 aromatic heterocycles. The van der Waals surface area contributed by atoms with Crippen LogP contribution in [0.15, 0.2) is 37.5 Å². The SMILES string of the molecule is C[C@H](Cn1cnc2c(N)ncnc21)OCP(=O)(OCOC(=O)C(C)(C)C)OCOC(=O)C(C)(C)C.C[C@H](Cn1cnc2c(N)ncnc21)OCP(=O)(OCOC(=O)C(C)(C)C)OCOC(=O)C(C)(C)C.O=C(O)/C=C/C(=O)O. The van der Waals surface area contributed by atoms with Gasteiger partial charge in [-0.25, -0.2) is 39.5 Å². The Hall–Kier alpha value is -6.52. The van der Waals surface area contributed by atoms with Crippen molar-refractivity contribution in [2.45, 2.75) is 122 Å². The molecule has 0 aliphatic heterocycles. The summed E-state index contributed by atoms with van der Waals surface area (Å²) in [5.41, 5.74) is 10.5. The van der Waals surface area contributed by atoms with Crippen molar-refractivity contribution >= 4 is 85.0 Å². The van der Waals surface area contributed by atoms with Crippen molar-refractivity contribution in [3.05, 3.63) is 37.5 Å². The summed E-state index contributed by atoms with van der Waals surface area (Å²) < 4.78 is 82.4. The Morgan fingerprint density at radius 2 is 0.782 bits per heavy atom. The number of carboxylic acid groups (broad SMARTS) is 2. The molecule has 32 heteroatoms. The molecule has 0 aliphatic rings. The third-order valence-corrected chi connectivity index (χ3v) is 12.3. The minimum atomic E-state index is -3.98. The van der Waals surface area contributed by atoms with Crippen LogP contribution in [-0.2, 0) is 97.5 Å². The Labute approximate surface area is 450 Å². The molecule has 4 aromatic rings. The minimum absolute atomic E-state index is 0.253. The fourth-order valence-corrected chi connectivity index (χ4v) is 7.21. The number of carbonyl (C=O) groups is 6. The van der Waals surface area contributed by atoms with E-state index in [1.807, 2.05) is 0 Å². The molecule has 436 valence electrons. The van der Waals surface area contributed by atoms with Gasteiger partial charge in [0, 0.05) is 12.2 Å². The molecule has 4 heterocycles. The van der Waals surface area contributed by atoms with E-state index < -0.39 is 125 Å². The van der Waals surface area contributed by atoms with Gasteiger partial charge in [-0.05, 0) is 96.9 Å². The molecule has 0 aromatic carbocycles. The molecule has 30 nitrogen and oxygen atoms in total. The van der Waals surface area contributed by atoms with Crippen LogP contribution in [0, 0.1) is 21.7 Å². The highest BCUT2D eigenvalue weighted by molar-refractivity contribution is 7.53. The van der Waals surface area contributed by atoms with Crippen molar-refractivity contribution < 1.29 is 94.6 Å². The van der Waals surface area contributed by atoms with E-state index in [2.05, 4.69) is 29.9 Å². The number of aliphatic carboxylic acids is 2. The highest BCUT2D eigenvalue weighted by atomic mass is 31.2. The summed E-state index contributed by atoms with van der Waals surface area (Å²) in [5, 5.41) is 15.6. The summed E-state index contributed by atoms with van der Waals surface area (Å²) in [4.78, 5) is 91.5. The lowest BCUT2D eigenvalue weighted by atomic mass is 9.98. The molecule has 0 unspecified atom stereocenters. The van der Waals surface area contributed by atoms with Gasteiger partial charge in [0.05, 0.1) is 59.6 Å². The summed E-state index contributed by atoms with van der Waals surface area (Å²) in [6, 6.07) is 0. The number of imidazole rings is 2. The lowest BCUT2D eigenvalue weighted by Gasteiger charge is -2.23. The average Bonchev–Trinajstić information content (AvgIpc) is 3.93. The van der Waals surface area contributed by atoms with Crippen LogP contribution in [0.2, 0.25) is 0 Å². The largest absolute Gasteiger partial charge is 0.478 e. The lowest BCUT2D eigenvalue weighted by Crippen LogP contribution is -2.25. The van der Waals surface area contributed by atoms with Gasteiger partial charge in [-0.1, -0.05) is 0 Å². The predicted molar refractivity (Wildman–Crippen MR) is 276 cm³/mol. The number of fused-ring (bicyclic) bond motifs is 2. The van der Waals surface area contributed by atoms with E-state index in [1.165, 1.54) is 12.7 Å². The monoisotopic (exact) mass is 1150 g/mol. The van der Waals surface area contributed by atoms with Gasteiger partial charge in [0.1, 0.15) is 36.4 Å². The van der Waals surface area contributed by atoms with Crippen molar-refractivity contribution in [2.75, 3.05) is 51.3 Å². The maximum Gasteiger partial charge on any atom is 0.361 e. The van der Waals surface area contributed by atoms with Crippen molar-refractivity contribution in [1.82, 2.24) is 39.0 Å². The van der Waals surface area contributed by atoms with Crippen LogP contribution >= 0.6 is 15.2 Å². The van der Waals surface area contributed by atoms with E-state index in [-0.39, 0.29) is 11.6 Å². The van der Waals surface area contributed by atoms with Gasteiger partial charge in [-0.15, -0.1) is 0 Å². The van der Waals surface area contributed by atoms with Gasteiger partial charge in [-0.2, -0.15) is 0 Å². The molecule has 0 aliphatic carbocycles. The van der Waals surface area contributed by atoms with E-state index in [0.717, 1.165) is 0 Å². The van der Waals surface area contributed by atoms with E-state index in [9.17, 15) is 37.9 Å². The van der Waals surface area contributed by atoms with Gasteiger partial charge in [0.25, 0.3) is 0 Å². The van der Waals surface area contributed by atoms with Gasteiger partial charge in [0.15, 0.2) is 22.9 Å². The molecule has 0 fully saturated rings. The molecule has 0 amide bonds. The third kappa shape index (κ3) is 24.0. The first-order chi connectivity index (χ1) is 35.9. The first kappa shape index (κ1) is 67.6. The number of rotatable bonds is 24. The summed E-state index contributed by atoms with van der Waals surface area (Å²) >= 11 is 0. The van der Waals surface area contributed by atoms with E-state index >= 15 is 0 Å². The first-order valence-electron chi connectivity index (χ1n) is 23.5. The summed E-state index contributed by atoms with van der Waals surface area (Å²) in [7, 11) is -7.97. The van der Waals surface area contributed by atoms with E-state index in [1.54, 1.807) is 119 Å². The van der Waals surface area contributed by atoms with Crippen LogP contribution in [0.5, 0.6) is 0 Å². The Kier molecular flexibility index (Phi) is 25.5. The zero-order chi connectivity index (χ0) is 59.5. The van der Waals surface area contributed by atoms with Crippen LogP contribution in [0.3, 0.4) is 0 Å². The van der Waals surface area contributed by atoms with Crippen molar-refractivity contribution in [3.8, 4) is 0 Å². The van der Waals surface area contributed by atoms with E-state index in [0.29, 0.717) is 47.6 Å². The molecule has 0 saturated heterocycles. The van der Waals surface area contributed by atoms with Gasteiger partial charge >= 0.3 is 51.0 Å². The second-order valence-corrected chi connectivity index (χ2v) is 24.8. The Morgan fingerprint density at radius 3 is 1.03 bits per heavy atom. The van der Waals surface area contributed by atoms with Crippen molar-refractivity contribution in [3.63, 3.8) is 0 Å². The normalized spacial score (nSPS) is 13.2. The molecular formula is C46H72N10O20P2. The van der Waals surface area contributed by atoms with Crippen molar-refractivity contribution in [2.24, 2.45) is 21.7 Å². The number of nitrogen functional groups attached to an aromatic ring is 2. The average molecular weight is 1150 g/mol. The number of nitrogens with zero attached hydrogens (tertiary/aromatic N) is 8. The summed E-state index contributed by atoms with van der Waals surface area (Å²) in [6.07, 6.45) is 4.90. The van der Waals surface area contributed by atoms with Crippen LogP contribution in [0.1, 0.15) is 96.9 Å². The quantitative estimate of drug-likeness (QED) is 0.0209. The van der Waals surface area contributed by atoms with Crippen LogP contribution in [0.4, 0.5) is 11.6 Å². The van der Waals surface area contributed by atoms with Gasteiger partial charge in [-0.3, -0.25) is 46.4 Å². The Bertz CT molecular complexity index is 2540. The minimum Gasteiger partial charge on any atom is -0.478 e. The van der Waals surface area contributed by atoms with E-state index in [4.69, 9.17) is 68.2 Å². The second kappa shape index (κ2) is 29.5. The highest BCUT2D eigenvalue weighted by Gasteiger charge is 2.33. The van der Waals surface area contributed by atoms with Crippen molar-refractivity contribution in [1.29, 1.82) is 0 Å². The number of hydrogen-bond acceptors (Lipinski definition) is 26. The highest BCUT2D eigenvalue weighted by Crippen LogP contribution is 2.49. The standard InChI is InChI=1S/2C21H34N5O8P.C4H4O4/c2*1-14(8-26-10-25-15-16(22)23-9-24-17(15)26)32-13-35(29,33-11-30-18(27)20(2,3)4)34-12-31-19(28)21(5,6)7;5-3(6)1-2-4(7)8/h2*9-10,14H,8,11-13H2,1-7H3,(H2,22,23,24);1-2H,(H,5,6)(H,7,8)/b;;2-1+/t2*14-;/m11./s1. The van der Waals surface area contributed by atoms with Crippen LogP contribution < -0.4 is 11.5 Å². The van der Waals surface area contributed by atoms with Gasteiger partial charge in [0.2, 0.25) is 27.2 Å².